The first-order chi connectivity index (χ1) is 9.02. The Kier molecular flexibility index (Phi) is 5.50. The average Bonchev–Trinajstić information content (AvgIpc) is 2.35. The zero-order chi connectivity index (χ0) is 14.3. The Balaban J connectivity index is 0.000000200. The van der Waals surface area contributed by atoms with Gasteiger partial charge in [0, 0.05) is 29.7 Å². The summed E-state index contributed by atoms with van der Waals surface area (Å²) in [5.41, 5.74) is 19.3. The lowest BCUT2D eigenvalue weighted by Crippen LogP contribution is -1.98. The van der Waals surface area contributed by atoms with Crippen molar-refractivity contribution in [3.63, 3.8) is 0 Å². The van der Waals surface area contributed by atoms with Gasteiger partial charge < -0.3 is 27.4 Å². The molecule has 0 aliphatic rings. The first-order valence-electron chi connectivity index (χ1n) is 5.82. The molecule has 0 fully saturated rings. The van der Waals surface area contributed by atoms with Gasteiger partial charge in [0.2, 0.25) is 0 Å². The Morgan fingerprint density at radius 3 is 2.11 bits per heavy atom. The van der Waals surface area contributed by atoms with Crippen molar-refractivity contribution in [1.29, 1.82) is 0 Å². The lowest BCUT2D eigenvalue weighted by atomic mass is 10.1. The zero-order valence-corrected chi connectivity index (χ0v) is 10.6. The van der Waals surface area contributed by atoms with E-state index in [1.54, 1.807) is 36.4 Å². The number of rotatable bonds is 2. The molecule has 0 aromatic heterocycles. The molecule has 2 rings (SSSR count). The summed E-state index contributed by atoms with van der Waals surface area (Å²) in [5.74, 6) is 0.213. The summed E-state index contributed by atoms with van der Waals surface area (Å²) >= 11 is 0. The topological polar surface area (TPSA) is 119 Å². The van der Waals surface area contributed by atoms with Crippen molar-refractivity contribution < 1.29 is 10.2 Å². The number of phenols is 1. The van der Waals surface area contributed by atoms with Gasteiger partial charge in [0.05, 0.1) is 0 Å². The van der Waals surface area contributed by atoms with Gasteiger partial charge in [0.25, 0.3) is 0 Å². The number of hydrogen-bond donors (Lipinski definition) is 5. The molecule has 0 amide bonds. The van der Waals surface area contributed by atoms with Crippen LogP contribution in [0.3, 0.4) is 0 Å². The monoisotopic (exact) mass is 261 g/mol. The average molecular weight is 261 g/mol. The second kappa shape index (κ2) is 7.13. The number of benzene rings is 2. The number of nitrogens with two attached hydrogens (primary N) is 3. The fourth-order valence-corrected chi connectivity index (χ4v) is 1.49. The van der Waals surface area contributed by atoms with E-state index < -0.39 is 0 Å². The van der Waals surface area contributed by atoms with Crippen molar-refractivity contribution in [2.45, 2.75) is 6.42 Å². The van der Waals surface area contributed by atoms with E-state index in [1.807, 2.05) is 0 Å². The quantitative estimate of drug-likeness (QED) is 0.523. The number of nitrogen functional groups attached to an aromatic ring is 3. The summed E-state index contributed by atoms with van der Waals surface area (Å²) in [6.45, 7) is 0.105. The van der Waals surface area contributed by atoms with E-state index in [4.69, 9.17) is 27.4 Å². The molecular formula is C14H19N3O2. The van der Waals surface area contributed by atoms with Crippen molar-refractivity contribution in [2.24, 2.45) is 0 Å². The maximum atomic E-state index is 8.73. The number of aromatic hydroxyl groups is 1. The number of aliphatic hydroxyl groups excluding tert-OH is 1. The Labute approximate surface area is 112 Å². The Hall–Kier alpha value is -2.40. The van der Waals surface area contributed by atoms with Crippen molar-refractivity contribution >= 4 is 17.1 Å². The van der Waals surface area contributed by atoms with E-state index in [1.165, 1.54) is 6.07 Å². The summed E-state index contributed by atoms with van der Waals surface area (Å²) in [6.07, 6.45) is 0.566. The van der Waals surface area contributed by atoms with E-state index in [0.717, 1.165) is 5.56 Å². The SMILES string of the molecule is Nc1ccc(N)c(CCO)c1.Nc1cccc(O)c1. The largest absolute Gasteiger partial charge is 0.508 e. The highest BCUT2D eigenvalue weighted by Gasteiger charge is 1.97. The van der Waals surface area contributed by atoms with Gasteiger partial charge in [-0.15, -0.1) is 0 Å². The molecule has 2 aromatic carbocycles. The molecule has 0 aliphatic heterocycles. The summed E-state index contributed by atoms with van der Waals surface area (Å²) < 4.78 is 0. The van der Waals surface area contributed by atoms with Crippen LogP contribution in [0.4, 0.5) is 17.1 Å². The molecule has 0 bridgehead atoms. The predicted molar refractivity (Wildman–Crippen MR) is 78.6 cm³/mol. The van der Waals surface area contributed by atoms with Crippen LogP contribution in [0.1, 0.15) is 5.56 Å². The van der Waals surface area contributed by atoms with Crippen molar-refractivity contribution in [3.05, 3.63) is 48.0 Å². The van der Waals surface area contributed by atoms with Crippen LogP contribution in [-0.2, 0) is 6.42 Å². The molecule has 8 N–H and O–H groups in total. The van der Waals surface area contributed by atoms with Crippen LogP contribution in [0, 0.1) is 0 Å². The maximum absolute atomic E-state index is 8.73. The molecule has 2 aromatic rings. The first-order valence-corrected chi connectivity index (χ1v) is 5.82. The van der Waals surface area contributed by atoms with Crippen molar-refractivity contribution in [3.8, 4) is 5.75 Å². The molecule has 0 atom stereocenters. The Bertz CT molecular complexity index is 513. The third kappa shape index (κ3) is 5.18. The van der Waals surface area contributed by atoms with Gasteiger partial charge in [-0.3, -0.25) is 0 Å². The minimum Gasteiger partial charge on any atom is -0.508 e. The minimum absolute atomic E-state index is 0.105. The van der Waals surface area contributed by atoms with Crippen molar-refractivity contribution in [2.75, 3.05) is 23.8 Å². The summed E-state index contributed by atoms with van der Waals surface area (Å²) in [5, 5.41) is 17.4. The Morgan fingerprint density at radius 1 is 0.895 bits per heavy atom. The third-order valence-corrected chi connectivity index (χ3v) is 2.42. The van der Waals surface area contributed by atoms with Gasteiger partial charge in [0.1, 0.15) is 5.75 Å². The standard InChI is InChI=1S/C8H12N2O.C6H7NO/c9-7-1-2-8(10)6(5-7)3-4-11;7-5-2-1-3-6(8)4-5/h1-2,5,11H,3-4,9-10H2;1-4,8H,7H2. The molecule has 0 spiro atoms. The molecule has 0 radical (unpaired) electrons. The second-order valence-corrected chi connectivity index (χ2v) is 4.03. The number of hydrogen-bond acceptors (Lipinski definition) is 5. The minimum atomic E-state index is 0.105. The Morgan fingerprint density at radius 2 is 1.58 bits per heavy atom. The smallest absolute Gasteiger partial charge is 0.117 e. The van der Waals surface area contributed by atoms with Gasteiger partial charge in [-0.25, -0.2) is 0 Å². The van der Waals surface area contributed by atoms with Crippen LogP contribution in [-0.4, -0.2) is 16.8 Å². The van der Waals surface area contributed by atoms with Crippen LogP contribution in [0.5, 0.6) is 5.75 Å². The second-order valence-electron chi connectivity index (χ2n) is 4.03. The third-order valence-electron chi connectivity index (χ3n) is 2.42. The summed E-state index contributed by atoms with van der Waals surface area (Å²) in [6, 6.07) is 11.8. The van der Waals surface area contributed by atoms with Gasteiger partial charge in [-0.1, -0.05) is 6.07 Å². The number of anilines is 3. The molecule has 0 aliphatic carbocycles. The summed E-state index contributed by atoms with van der Waals surface area (Å²) in [7, 11) is 0. The van der Waals surface area contributed by atoms with Gasteiger partial charge in [-0.2, -0.15) is 0 Å². The molecule has 0 saturated carbocycles. The van der Waals surface area contributed by atoms with E-state index in [2.05, 4.69) is 0 Å². The lowest BCUT2D eigenvalue weighted by Gasteiger charge is -2.03. The lowest BCUT2D eigenvalue weighted by molar-refractivity contribution is 0.300. The fourth-order valence-electron chi connectivity index (χ4n) is 1.49. The van der Waals surface area contributed by atoms with Gasteiger partial charge in [0.15, 0.2) is 0 Å². The van der Waals surface area contributed by atoms with Crippen LogP contribution in [0.15, 0.2) is 42.5 Å². The van der Waals surface area contributed by atoms with E-state index in [-0.39, 0.29) is 12.4 Å². The predicted octanol–water partition coefficient (Wildman–Crippen LogP) is 1.36. The first kappa shape index (κ1) is 14.7. The number of phenolic OH excluding ortho intramolecular Hbond substituents is 1. The highest BCUT2D eigenvalue weighted by molar-refractivity contribution is 5.55. The van der Waals surface area contributed by atoms with E-state index in [9.17, 15) is 0 Å². The van der Waals surface area contributed by atoms with Gasteiger partial charge >= 0.3 is 0 Å². The number of aliphatic hydroxyl groups is 1. The molecule has 102 valence electrons. The molecular weight excluding hydrogens is 242 g/mol. The van der Waals surface area contributed by atoms with E-state index in [0.29, 0.717) is 23.5 Å². The highest BCUT2D eigenvalue weighted by Crippen LogP contribution is 2.15. The van der Waals surface area contributed by atoms with Crippen LogP contribution >= 0.6 is 0 Å². The van der Waals surface area contributed by atoms with Gasteiger partial charge in [-0.05, 0) is 42.3 Å². The zero-order valence-electron chi connectivity index (χ0n) is 10.6. The molecule has 0 heterocycles. The molecule has 0 saturated heterocycles. The van der Waals surface area contributed by atoms with Crippen LogP contribution in [0.25, 0.3) is 0 Å². The van der Waals surface area contributed by atoms with E-state index >= 15 is 0 Å². The molecule has 5 nitrogen and oxygen atoms in total. The maximum Gasteiger partial charge on any atom is 0.117 e. The van der Waals surface area contributed by atoms with Crippen LogP contribution < -0.4 is 17.2 Å². The molecule has 5 heteroatoms. The summed E-state index contributed by atoms with van der Waals surface area (Å²) in [4.78, 5) is 0. The van der Waals surface area contributed by atoms with Crippen LogP contribution in [0.2, 0.25) is 0 Å². The van der Waals surface area contributed by atoms with Crippen molar-refractivity contribution in [1.82, 2.24) is 0 Å². The molecule has 19 heavy (non-hydrogen) atoms. The highest BCUT2D eigenvalue weighted by atomic mass is 16.3. The normalized spacial score (nSPS) is 9.53. The molecule has 0 unspecified atom stereocenters. The fraction of sp³-hybridized carbons (Fsp3) is 0.143.